The Balaban J connectivity index is 1.77. The Labute approximate surface area is 190 Å². The Hall–Kier alpha value is -3.55. The molecule has 1 aromatic heterocycles. The zero-order valence-corrected chi connectivity index (χ0v) is 18.3. The summed E-state index contributed by atoms with van der Waals surface area (Å²) in [5.74, 6) is -0.567. The van der Waals surface area contributed by atoms with Crippen LogP contribution in [-0.4, -0.2) is 39.7 Å². The number of anilines is 2. The van der Waals surface area contributed by atoms with Crippen molar-refractivity contribution >= 4 is 21.5 Å². The van der Waals surface area contributed by atoms with Gasteiger partial charge in [0.1, 0.15) is 23.5 Å². The highest BCUT2D eigenvalue weighted by atomic mass is 32.2. The van der Waals surface area contributed by atoms with Crippen LogP contribution in [-0.2, 0) is 21.3 Å². The monoisotopic (exact) mass is 470 g/mol. The predicted molar refractivity (Wildman–Crippen MR) is 118 cm³/mol. The number of aromatic nitrogens is 1. The molecule has 0 N–H and O–H groups in total. The molecule has 0 aliphatic carbocycles. The van der Waals surface area contributed by atoms with Gasteiger partial charge in [0.05, 0.1) is 42.1 Å². The molecule has 0 unspecified atom stereocenters. The van der Waals surface area contributed by atoms with Gasteiger partial charge in [-0.05, 0) is 48.0 Å². The van der Waals surface area contributed by atoms with Crippen LogP contribution in [0.4, 0.5) is 20.3 Å². The maximum absolute atomic E-state index is 13.5. The Bertz CT molecular complexity index is 1270. The van der Waals surface area contributed by atoms with Crippen LogP contribution >= 0.6 is 0 Å². The molecular weight excluding hydrogens is 450 g/mol. The zero-order valence-electron chi connectivity index (χ0n) is 17.5. The standard InChI is InChI=1S/C23H20F2N4O3S/c24-19-3-1-17(2-4-19)16-29(33(30,31)22-7-5-20(25)6-8-22)21-13-18(14-26)23(27-15-21)28-9-11-32-12-10-28/h1-8,13,15H,9-12,16H2. The van der Waals surface area contributed by atoms with E-state index in [-0.39, 0.29) is 22.7 Å². The molecule has 7 nitrogen and oxygen atoms in total. The van der Waals surface area contributed by atoms with Crippen molar-refractivity contribution in [2.75, 3.05) is 35.5 Å². The molecule has 2 aromatic carbocycles. The van der Waals surface area contributed by atoms with Crippen LogP contribution in [0, 0.1) is 23.0 Å². The minimum absolute atomic E-state index is 0.123. The van der Waals surface area contributed by atoms with E-state index in [9.17, 15) is 22.5 Å². The van der Waals surface area contributed by atoms with E-state index in [1.54, 1.807) is 0 Å². The molecule has 33 heavy (non-hydrogen) atoms. The summed E-state index contributed by atoms with van der Waals surface area (Å²) in [5, 5.41) is 9.73. The fraction of sp³-hybridized carbons (Fsp3) is 0.217. The first-order valence-corrected chi connectivity index (χ1v) is 11.6. The van der Waals surface area contributed by atoms with E-state index in [1.165, 1.54) is 48.7 Å². The lowest BCUT2D eigenvalue weighted by Gasteiger charge is -2.29. The van der Waals surface area contributed by atoms with Gasteiger partial charge in [0.15, 0.2) is 0 Å². The van der Waals surface area contributed by atoms with Crippen molar-refractivity contribution in [3.8, 4) is 6.07 Å². The van der Waals surface area contributed by atoms with Crippen LogP contribution in [0.2, 0.25) is 0 Å². The normalized spacial score (nSPS) is 14.0. The molecule has 0 atom stereocenters. The molecule has 1 saturated heterocycles. The van der Waals surface area contributed by atoms with Gasteiger partial charge in [0.25, 0.3) is 10.0 Å². The van der Waals surface area contributed by atoms with Crippen molar-refractivity contribution in [2.45, 2.75) is 11.4 Å². The van der Waals surface area contributed by atoms with Gasteiger partial charge in [-0.15, -0.1) is 0 Å². The van der Waals surface area contributed by atoms with Crippen LogP contribution in [0.5, 0.6) is 0 Å². The average Bonchev–Trinajstić information content (AvgIpc) is 2.84. The van der Waals surface area contributed by atoms with Crippen molar-refractivity contribution in [2.24, 2.45) is 0 Å². The summed E-state index contributed by atoms with van der Waals surface area (Å²) >= 11 is 0. The number of ether oxygens (including phenoxy) is 1. The van der Waals surface area contributed by atoms with Gasteiger partial charge in [0.2, 0.25) is 0 Å². The maximum atomic E-state index is 13.5. The van der Waals surface area contributed by atoms with E-state index in [0.717, 1.165) is 16.4 Å². The number of pyridine rings is 1. The fourth-order valence-electron chi connectivity index (χ4n) is 3.50. The molecule has 0 saturated carbocycles. The van der Waals surface area contributed by atoms with Crippen molar-refractivity contribution in [1.82, 2.24) is 4.98 Å². The first-order chi connectivity index (χ1) is 15.9. The summed E-state index contributed by atoms with van der Waals surface area (Å²) in [5.41, 5.74) is 0.905. The quantitative estimate of drug-likeness (QED) is 0.549. The number of rotatable bonds is 6. The second kappa shape index (κ2) is 9.52. The first kappa shape index (κ1) is 22.6. The molecule has 10 heteroatoms. The van der Waals surface area contributed by atoms with Crippen LogP contribution in [0.15, 0.2) is 65.7 Å². The molecule has 4 rings (SSSR count). The number of hydrogen-bond donors (Lipinski definition) is 0. The molecule has 1 aliphatic rings. The molecule has 1 aliphatic heterocycles. The van der Waals surface area contributed by atoms with E-state index in [2.05, 4.69) is 11.1 Å². The van der Waals surface area contributed by atoms with Crippen molar-refractivity contribution in [3.63, 3.8) is 0 Å². The van der Waals surface area contributed by atoms with Gasteiger partial charge in [-0.3, -0.25) is 4.31 Å². The van der Waals surface area contributed by atoms with Crippen LogP contribution < -0.4 is 9.21 Å². The zero-order chi connectivity index (χ0) is 23.4. The van der Waals surface area contributed by atoms with Crippen LogP contribution in [0.25, 0.3) is 0 Å². The summed E-state index contributed by atoms with van der Waals surface area (Å²) in [7, 11) is -4.15. The number of hydrogen-bond acceptors (Lipinski definition) is 6. The molecular formula is C23H20F2N4O3S. The number of sulfonamides is 1. The topological polar surface area (TPSA) is 86.5 Å². The summed E-state index contributed by atoms with van der Waals surface area (Å²) in [4.78, 5) is 6.18. The van der Waals surface area contributed by atoms with Gasteiger partial charge in [-0.2, -0.15) is 5.26 Å². The third-order valence-corrected chi connectivity index (χ3v) is 7.00. The minimum Gasteiger partial charge on any atom is -0.378 e. The predicted octanol–water partition coefficient (Wildman–Crippen LogP) is 3.46. The van der Waals surface area contributed by atoms with Crippen molar-refractivity contribution in [3.05, 3.63) is 83.6 Å². The van der Waals surface area contributed by atoms with Crippen LogP contribution in [0.1, 0.15) is 11.1 Å². The molecule has 0 spiro atoms. The van der Waals surface area contributed by atoms with E-state index < -0.39 is 21.7 Å². The highest BCUT2D eigenvalue weighted by Gasteiger charge is 2.27. The Morgan fingerprint density at radius 2 is 1.64 bits per heavy atom. The Morgan fingerprint density at radius 1 is 1.03 bits per heavy atom. The summed E-state index contributed by atoms with van der Waals surface area (Å²) in [6.45, 7) is 2.00. The molecule has 0 radical (unpaired) electrons. The van der Waals surface area contributed by atoms with E-state index >= 15 is 0 Å². The second-order valence-electron chi connectivity index (χ2n) is 7.37. The first-order valence-electron chi connectivity index (χ1n) is 10.1. The fourth-order valence-corrected chi connectivity index (χ4v) is 4.93. The highest BCUT2D eigenvalue weighted by Crippen LogP contribution is 2.29. The highest BCUT2D eigenvalue weighted by molar-refractivity contribution is 7.92. The molecule has 3 aromatic rings. The molecule has 0 bridgehead atoms. The number of nitriles is 1. The van der Waals surface area contributed by atoms with Crippen LogP contribution in [0.3, 0.4) is 0 Å². The van der Waals surface area contributed by atoms with Gasteiger partial charge in [0, 0.05) is 13.1 Å². The van der Waals surface area contributed by atoms with Gasteiger partial charge >= 0.3 is 0 Å². The van der Waals surface area contributed by atoms with Gasteiger partial charge < -0.3 is 9.64 Å². The Morgan fingerprint density at radius 3 is 2.24 bits per heavy atom. The van der Waals surface area contributed by atoms with E-state index in [1.807, 2.05) is 4.90 Å². The van der Waals surface area contributed by atoms with E-state index in [4.69, 9.17) is 4.74 Å². The van der Waals surface area contributed by atoms with Gasteiger partial charge in [-0.1, -0.05) is 12.1 Å². The second-order valence-corrected chi connectivity index (χ2v) is 9.23. The summed E-state index contributed by atoms with van der Waals surface area (Å²) in [6.07, 6.45) is 1.39. The molecule has 0 amide bonds. The number of benzene rings is 2. The number of halogens is 2. The maximum Gasteiger partial charge on any atom is 0.264 e. The number of morpholine rings is 1. The lowest BCUT2D eigenvalue weighted by molar-refractivity contribution is 0.122. The minimum atomic E-state index is -4.15. The SMILES string of the molecule is N#Cc1cc(N(Cc2ccc(F)cc2)S(=O)(=O)c2ccc(F)cc2)cnc1N1CCOCC1. The van der Waals surface area contributed by atoms with Crippen molar-refractivity contribution in [1.29, 1.82) is 5.26 Å². The average molecular weight is 471 g/mol. The largest absolute Gasteiger partial charge is 0.378 e. The Kier molecular flexibility index (Phi) is 6.53. The number of nitrogens with zero attached hydrogens (tertiary/aromatic N) is 4. The van der Waals surface area contributed by atoms with Crippen molar-refractivity contribution < 1.29 is 21.9 Å². The van der Waals surface area contributed by atoms with E-state index in [0.29, 0.717) is 37.7 Å². The molecule has 1 fully saturated rings. The van der Waals surface area contributed by atoms with Gasteiger partial charge in [-0.25, -0.2) is 22.2 Å². The summed E-state index contributed by atoms with van der Waals surface area (Å²) in [6, 6.07) is 13.4. The molecule has 170 valence electrons. The third kappa shape index (κ3) is 4.94. The molecule has 2 heterocycles. The summed E-state index contributed by atoms with van der Waals surface area (Å²) < 4.78 is 60.2. The lowest BCUT2D eigenvalue weighted by atomic mass is 10.2. The third-order valence-electron chi connectivity index (χ3n) is 5.21. The lowest BCUT2D eigenvalue weighted by Crippen LogP contribution is -2.37. The smallest absolute Gasteiger partial charge is 0.264 e.